The quantitative estimate of drug-likeness (QED) is 0.732. The van der Waals surface area contributed by atoms with Crippen molar-refractivity contribution in [3.63, 3.8) is 0 Å². The zero-order chi connectivity index (χ0) is 18.6. The van der Waals surface area contributed by atoms with Gasteiger partial charge in [-0.3, -0.25) is 4.79 Å². The molecule has 0 saturated heterocycles. The van der Waals surface area contributed by atoms with Crippen molar-refractivity contribution in [3.8, 4) is 0 Å². The van der Waals surface area contributed by atoms with E-state index in [2.05, 4.69) is 26.0 Å². The maximum atomic E-state index is 12.8. The van der Waals surface area contributed by atoms with Gasteiger partial charge in [-0.2, -0.15) is 0 Å². The lowest BCUT2D eigenvalue weighted by atomic mass is 9.96. The number of halogens is 1. The van der Waals surface area contributed by atoms with Gasteiger partial charge in [0.15, 0.2) is 0 Å². The van der Waals surface area contributed by atoms with Crippen molar-refractivity contribution < 1.29 is 13.2 Å². The lowest BCUT2D eigenvalue weighted by molar-refractivity contribution is 0.102. The van der Waals surface area contributed by atoms with E-state index < -0.39 is 10.0 Å². The van der Waals surface area contributed by atoms with Gasteiger partial charge in [0.25, 0.3) is 5.91 Å². The van der Waals surface area contributed by atoms with Crippen molar-refractivity contribution in [1.29, 1.82) is 0 Å². The van der Waals surface area contributed by atoms with Crippen LogP contribution in [-0.4, -0.2) is 20.4 Å². The summed E-state index contributed by atoms with van der Waals surface area (Å²) < 4.78 is 28.8. The standard InChI is InChI=1S/C19H21BrN2O3S/c20-17-12-11-14(19(23)21-15-7-3-1-4-8-15)13-18(17)26(24,25)22-16-9-5-2-6-10-16/h1,3-4,7-8,11-13,16,22H,2,5-6,9-10H2,(H,21,23). The summed E-state index contributed by atoms with van der Waals surface area (Å²) in [6.07, 6.45) is 4.93. The maximum absolute atomic E-state index is 12.8. The molecule has 1 amide bonds. The Labute approximate surface area is 162 Å². The van der Waals surface area contributed by atoms with Crippen LogP contribution in [0.1, 0.15) is 42.5 Å². The number of para-hydroxylation sites is 1. The molecule has 0 aliphatic heterocycles. The van der Waals surface area contributed by atoms with Crippen LogP contribution in [0.4, 0.5) is 5.69 Å². The molecule has 0 radical (unpaired) electrons. The molecule has 2 aromatic rings. The van der Waals surface area contributed by atoms with Crippen molar-refractivity contribution in [2.75, 3.05) is 5.32 Å². The lowest BCUT2D eigenvalue weighted by Crippen LogP contribution is -2.36. The molecule has 1 aliphatic rings. The normalized spacial score (nSPS) is 15.6. The van der Waals surface area contributed by atoms with Crippen LogP contribution in [0.25, 0.3) is 0 Å². The van der Waals surface area contributed by atoms with Crippen molar-refractivity contribution in [1.82, 2.24) is 4.72 Å². The van der Waals surface area contributed by atoms with Crippen LogP contribution >= 0.6 is 15.9 Å². The first kappa shape index (κ1) is 19.1. The SMILES string of the molecule is O=C(Nc1ccccc1)c1ccc(Br)c(S(=O)(=O)NC2CCCCC2)c1. The Bertz CT molecular complexity index is 879. The van der Waals surface area contributed by atoms with Crippen LogP contribution in [0.3, 0.4) is 0 Å². The minimum atomic E-state index is -3.70. The van der Waals surface area contributed by atoms with Gasteiger partial charge in [0.2, 0.25) is 10.0 Å². The Hall–Kier alpha value is -1.70. The molecule has 7 heteroatoms. The number of carbonyl (C=O) groups is 1. The molecule has 1 saturated carbocycles. The Morgan fingerprint density at radius 3 is 2.38 bits per heavy atom. The third-order valence-electron chi connectivity index (χ3n) is 4.44. The number of hydrogen-bond acceptors (Lipinski definition) is 3. The van der Waals surface area contributed by atoms with E-state index in [1.807, 2.05) is 18.2 Å². The van der Waals surface area contributed by atoms with Crippen LogP contribution in [0, 0.1) is 0 Å². The summed E-state index contributed by atoms with van der Waals surface area (Å²) in [5, 5.41) is 2.77. The molecule has 138 valence electrons. The highest BCUT2D eigenvalue weighted by molar-refractivity contribution is 9.10. The number of hydrogen-bond donors (Lipinski definition) is 2. The molecule has 0 unspecified atom stereocenters. The van der Waals surface area contributed by atoms with Gasteiger partial charge in [0.05, 0.1) is 4.90 Å². The van der Waals surface area contributed by atoms with E-state index in [-0.39, 0.29) is 16.8 Å². The molecule has 0 spiro atoms. The highest BCUT2D eigenvalue weighted by atomic mass is 79.9. The lowest BCUT2D eigenvalue weighted by Gasteiger charge is -2.23. The predicted molar refractivity (Wildman–Crippen MR) is 106 cm³/mol. The topological polar surface area (TPSA) is 75.3 Å². The minimum absolute atomic E-state index is 0.0394. The molecule has 1 aliphatic carbocycles. The summed E-state index contributed by atoms with van der Waals surface area (Å²) in [5.74, 6) is -0.349. The molecule has 1 fully saturated rings. The van der Waals surface area contributed by atoms with Gasteiger partial charge in [-0.05, 0) is 59.1 Å². The van der Waals surface area contributed by atoms with Crippen LogP contribution < -0.4 is 10.0 Å². The summed E-state index contributed by atoms with van der Waals surface area (Å²) in [6, 6.07) is 13.6. The summed E-state index contributed by atoms with van der Waals surface area (Å²) in [5.41, 5.74) is 0.950. The van der Waals surface area contributed by atoms with Crippen molar-refractivity contribution in [3.05, 3.63) is 58.6 Å². The van der Waals surface area contributed by atoms with Gasteiger partial charge < -0.3 is 5.32 Å². The molecule has 3 rings (SSSR count). The number of amides is 1. The van der Waals surface area contributed by atoms with Gasteiger partial charge in [0.1, 0.15) is 0 Å². The summed E-state index contributed by atoms with van der Waals surface area (Å²) >= 11 is 3.30. The summed E-state index contributed by atoms with van der Waals surface area (Å²) in [4.78, 5) is 12.5. The van der Waals surface area contributed by atoms with Crippen LogP contribution in [0.2, 0.25) is 0 Å². The second-order valence-corrected chi connectivity index (χ2v) is 8.96. The largest absolute Gasteiger partial charge is 0.322 e. The third-order valence-corrected chi connectivity index (χ3v) is 6.96. The first-order chi connectivity index (χ1) is 12.5. The van der Waals surface area contributed by atoms with E-state index in [1.54, 1.807) is 24.3 Å². The van der Waals surface area contributed by atoms with E-state index in [0.717, 1.165) is 32.1 Å². The number of anilines is 1. The fourth-order valence-corrected chi connectivity index (χ4v) is 5.37. The average Bonchev–Trinajstić information content (AvgIpc) is 2.63. The zero-order valence-corrected chi connectivity index (χ0v) is 16.6. The molecular weight excluding hydrogens is 416 g/mol. The number of rotatable bonds is 5. The van der Waals surface area contributed by atoms with E-state index in [9.17, 15) is 13.2 Å². The second kappa shape index (κ2) is 8.33. The van der Waals surface area contributed by atoms with Gasteiger partial charge in [-0.1, -0.05) is 37.5 Å². The molecule has 0 heterocycles. The van der Waals surface area contributed by atoms with Crippen molar-refractivity contribution >= 4 is 37.5 Å². The van der Waals surface area contributed by atoms with Crippen LogP contribution in [0.5, 0.6) is 0 Å². The monoisotopic (exact) mass is 436 g/mol. The molecule has 2 N–H and O–H groups in total. The smallest absolute Gasteiger partial charge is 0.255 e. The number of nitrogens with one attached hydrogen (secondary N) is 2. The van der Waals surface area contributed by atoms with Gasteiger partial charge >= 0.3 is 0 Å². The third kappa shape index (κ3) is 4.72. The molecule has 2 aromatic carbocycles. The molecule has 0 aromatic heterocycles. The molecule has 0 atom stereocenters. The fourth-order valence-electron chi connectivity index (χ4n) is 3.08. The zero-order valence-electron chi connectivity index (χ0n) is 14.2. The minimum Gasteiger partial charge on any atom is -0.322 e. The Kier molecular flexibility index (Phi) is 6.11. The number of benzene rings is 2. The van der Waals surface area contributed by atoms with Crippen LogP contribution in [-0.2, 0) is 10.0 Å². The Balaban J connectivity index is 1.81. The van der Waals surface area contributed by atoms with Crippen LogP contribution in [0.15, 0.2) is 57.9 Å². The fraction of sp³-hybridized carbons (Fsp3) is 0.316. The number of sulfonamides is 1. The first-order valence-corrected chi connectivity index (χ1v) is 10.9. The first-order valence-electron chi connectivity index (χ1n) is 8.64. The average molecular weight is 437 g/mol. The summed E-state index contributed by atoms with van der Waals surface area (Å²) in [6.45, 7) is 0. The van der Waals surface area contributed by atoms with Gasteiger partial charge in [0, 0.05) is 21.8 Å². The van der Waals surface area contributed by atoms with E-state index >= 15 is 0 Å². The van der Waals surface area contributed by atoms with E-state index in [0.29, 0.717) is 15.7 Å². The highest BCUT2D eigenvalue weighted by Crippen LogP contribution is 2.26. The van der Waals surface area contributed by atoms with E-state index in [4.69, 9.17) is 0 Å². The van der Waals surface area contributed by atoms with E-state index in [1.165, 1.54) is 6.07 Å². The Morgan fingerprint density at radius 1 is 1.00 bits per heavy atom. The Morgan fingerprint density at radius 2 is 1.69 bits per heavy atom. The number of carbonyl (C=O) groups excluding carboxylic acids is 1. The molecule has 0 bridgehead atoms. The predicted octanol–water partition coefficient (Wildman–Crippen LogP) is 4.31. The highest BCUT2D eigenvalue weighted by Gasteiger charge is 2.24. The second-order valence-electron chi connectivity index (χ2n) is 6.42. The summed E-state index contributed by atoms with van der Waals surface area (Å²) in [7, 11) is -3.70. The van der Waals surface area contributed by atoms with Gasteiger partial charge in [-0.25, -0.2) is 13.1 Å². The maximum Gasteiger partial charge on any atom is 0.255 e. The van der Waals surface area contributed by atoms with Crippen molar-refractivity contribution in [2.24, 2.45) is 0 Å². The molecule has 5 nitrogen and oxygen atoms in total. The van der Waals surface area contributed by atoms with Gasteiger partial charge in [-0.15, -0.1) is 0 Å². The molecule has 26 heavy (non-hydrogen) atoms. The van der Waals surface area contributed by atoms with Crippen molar-refractivity contribution in [2.45, 2.75) is 43.0 Å². The molecular formula is C19H21BrN2O3S.